The predicted molar refractivity (Wildman–Crippen MR) is 129 cm³/mol. The number of aromatic nitrogens is 2. The fourth-order valence-corrected chi connectivity index (χ4v) is 3.00. The average Bonchev–Trinajstić information content (AvgIpc) is 3.15. The lowest BCUT2D eigenvalue weighted by Gasteiger charge is -2.10. The van der Waals surface area contributed by atoms with Gasteiger partial charge in [0.25, 0.3) is 0 Å². The van der Waals surface area contributed by atoms with Gasteiger partial charge in [-0.2, -0.15) is 13.2 Å². The van der Waals surface area contributed by atoms with E-state index >= 15 is 0 Å². The molecule has 2 N–H and O–H groups in total. The zero-order valence-electron chi connectivity index (χ0n) is 17.9. The average molecular weight is 561 g/mol. The SMILES string of the molecule is CCNC(=NCc1ccc(COCC(F)(F)F)cc1)NCc1cn2c(C)cccc2n1.I. The highest BCUT2D eigenvalue weighted by Crippen LogP contribution is 2.16. The van der Waals surface area contributed by atoms with Gasteiger partial charge in [0.2, 0.25) is 0 Å². The molecule has 0 atom stereocenters. The first-order valence-corrected chi connectivity index (χ1v) is 10.0. The maximum Gasteiger partial charge on any atom is 0.411 e. The Morgan fingerprint density at radius 3 is 2.47 bits per heavy atom. The Balaban J connectivity index is 0.00000363. The van der Waals surface area contributed by atoms with Crippen molar-refractivity contribution < 1.29 is 17.9 Å². The molecule has 2 heterocycles. The van der Waals surface area contributed by atoms with Crippen LogP contribution in [0.3, 0.4) is 0 Å². The van der Waals surface area contributed by atoms with Crippen molar-refractivity contribution >= 4 is 35.6 Å². The largest absolute Gasteiger partial charge is 0.411 e. The Kier molecular flexibility index (Phi) is 9.76. The summed E-state index contributed by atoms with van der Waals surface area (Å²) in [5.41, 5.74) is 4.55. The number of halogens is 4. The molecular weight excluding hydrogens is 534 g/mol. The molecule has 1 aromatic carbocycles. The van der Waals surface area contributed by atoms with Gasteiger partial charge in [-0.3, -0.25) is 0 Å². The van der Waals surface area contributed by atoms with E-state index in [0.717, 1.165) is 22.6 Å². The van der Waals surface area contributed by atoms with Crippen LogP contribution in [0.4, 0.5) is 13.2 Å². The number of benzene rings is 1. The summed E-state index contributed by atoms with van der Waals surface area (Å²) < 4.78 is 43.2. The number of hydrogen-bond acceptors (Lipinski definition) is 3. The highest BCUT2D eigenvalue weighted by Gasteiger charge is 2.27. The highest BCUT2D eigenvalue weighted by atomic mass is 127. The second-order valence-corrected chi connectivity index (χ2v) is 7.10. The number of aryl methyl sites for hydroxylation is 1. The molecule has 0 unspecified atom stereocenters. The van der Waals surface area contributed by atoms with Crippen LogP contribution < -0.4 is 10.6 Å². The number of imidazole rings is 1. The minimum absolute atomic E-state index is 0. The third-order valence-corrected chi connectivity index (χ3v) is 4.50. The van der Waals surface area contributed by atoms with Crippen molar-refractivity contribution in [2.45, 2.75) is 39.7 Å². The van der Waals surface area contributed by atoms with Crippen LogP contribution in [-0.4, -0.2) is 34.7 Å². The maximum atomic E-state index is 12.1. The zero-order chi connectivity index (χ0) is 22.3. The van der Waals surface area contributed by atoms with Crippen molar-refractivity contribution in [2.24, 2.45) is 4.99 Å². The molecule has 32 heavy (non-hydrogen) atoms. The standard InChI is InChI=1S/C22H26F3N5O.HI/c1-3-26-21(28-12-19-13-30-16(2)5-4-6-20(30)29-19)27-11-17-7-9-18(10-8-17)14-31-15-22(23,24)25;/h4-10,13H,3,11-12,14-15H2,1-2H3,(H2,26,27,28);1H. The number of guanidine groups is 1. The molecule has 0 amide bonds. The molecule has 3 rings (SSSR count). The van der Waals surface area contributed by atoms with Crippen LogP contribution in [-0.2, 0) is 24.4 Å². The molecule has 0 spiro atoms. The molecule has 3 aromatic rings. The molecular formula is C22H27F3IN5O. The molecule has 2 aromatic heterocycles. The normalized spacial score (nSPS) is 12.0. The number of ether oxygens (including phenoxy) is 1. The van der Waals surface area contributed by atoms with E-state index in [9.17, 15) is 13.2 Å². The second-order valence-electron chi connectivity index (χ2n) is 7.10. The van der Waals surface area contributed by atoms with Gasteiger partial charge in [0.05, 0.1) is 25.4 Å². The van der Waals surface area contributed by atoms with Gasteiger partial charge < -0.3 is 19.8 Å². The first-order valence-electron chi connectivity index (χ1n) is 10.0. The minimum Gasteiger partial charge on any atom is -0.367 e. The van der Waals surface area contributed by atoms with Gasteiger partial charge in [-0.05, 0) is 37.1 Å². The molecule has 0 aliphatic carbocycles. The molecule has 10 heteroatoms. The van der Waals surface area contributed by atoms with Crippen LogP contribution in [0.1, 0.15) is 29.4 Å². The Bertz CT molecular complexity index is 1020. The van der Waals surface area contributed by atoms with Gasteiger partial charge >= 0.3 is 6.18 Å². The Morgan fingerprint density at radius 1 is 1.09 bits per heavy atom. The van der Waals surface area contributed by atoms with Gasteiger partial charge in [-0.25, -0.2) is 9.98 Å². The van der Waals surface area contributed by atoms with E-state index in [2.05, 4.69) is 25.3 Å². The molecule has 0 radical (unpaired) electrons. The van der Waals surface area contributed by atoms with E-state index in [-0.39, 0.29) is 30.6 Å². The van der Waals surface area contributed by atoms with Crippen LogP contribution in [0.5, 0.6) is 0 Å². The van der Waals surface area contributed by atoms with Crippen molar-refractivity contribution in [3.63, 3.8) is 0 Å². The minimum atomic E-state index is -4.31. The van der Waals surface area contributed by atoms with Crippen LogP contribution >= 0.6 is 24.0 Å². The predicted octanol–water partition coefficient (Wildman–Crippen LogP) is 4.59. The highest BCUT2D eigenvalue weighted by molar-refractivity contribution is 14.0. The quantitative estimate of drug-likeness (QED) is 0.240. The number of fused-ring (bicyclic) bond motifs is 1. The summed E-state index contributed by atoms with van der Waals surface area (Å²) in [4.78, 5) is 9.18. The maximum absolute atomic E-state index is 12.1. The topological polar surface area (TPSA) is 63.0 Å². The Labute approximate surface area is 202 Å². The molecule has 0 bridgehead atoms. The van der Waals surface area contributed by atoms with Crippen molar-refractivity contribution in [1.29, 1.82) is 0 Å². The molecule has 0 saturated heterocycles. The van der Waals surface area contributed by atoms with Crippen LogP contribution in [0.25, 0.3) is 5.65 Å². The third-order valence-electron chi connectivity index (χ3n) is 4.50. The lowest BCUT2D eigenvalue weighted by Crippen LogP contribution is -2.36. The first kappa shape index (κ1) is 25.9. The molecule has 0 saturated carbocycles. The summed E-state index contributed by atoms with van der Waals surface area (Å²) in [6.07, 6.45) is -2.31. The summed E-state index contributed by atoms with van der Waals surface area (Å²) in [6.45, 7) is 4.37. The number of hydrogen-bond donors (Lipinski definition) is 2. The van der Waals surface area contributed by atoms with Crippen LogP contribution in [0.15, 0.2) is 53.7 Å². The molecule has 0 aliphatic heterocycles. The number of rotatable bonds is 8. The summed E-state index contributed by atoms with van der Waals surface area (Å²) in [5.74, 6) is 0.661. The number of nitrogens with zero attached hydrogens (tertiary/aromatic N) is 3. The molecule has 0 aliphatic rings. The summed E-state index contributed by atoms with van der Waals surface area (Å²) in [5, 5.41) is 6.48. The van der Waals surface area contributed by atoms with E-state index in [1.165, 1.54) is 0 Å². The molecule has 174 valence electrons. The third kappa shape index (κ3) is 7.97. The van der Waals surface area contributed by atoms with Crippen molar-refractivity contribution in [3.05, 3.63) is 71.2 Å². The van der Waals surface area contributed by atoms with Gasteiger partial charge in [0, 0.05) is 18.4 Å². The molecule has 0 fully saturated rings. The van der Waals surface area contributed by atoms with Crippen molar-refractivity contribution in [3.8, 4) is 0 Å². The number of pyridine rings is 1. The number of nitrogens with one attached hydrogen (secondary N) is 2. The van der Waals surface area contributed by atoms with E-state index in [0.29, 0.717) is 31.2 Å². The second kappa shape index (κ2) is 12.0. The summed E-state index contributed by atoms with van der Waals surface area (Å²) >= 11 is 0. The van der Waals surface area contributed by atoms with Crippen LogP contribution in [0.2, 0.25) is 0 Å². The smallest absolute Gasteiger partial charge is 0.367 e. The van der Waals surface area contributed by atoms with Crippen molar-refractivity contribution in [1.82, 2.24) is 20.0 Å². The van der Waals surface area contributed by atoms with Gasteiger partial charge in [0.15, 0.2) is 5.96 Å². The lowest BCUT2D eigenvalue weighted by atomic mass is 10.1. The van der Waals surface area contributed by atoms with Crippen molar-refractivity contribution in [2.75, 3.05) is 13.2 Å². The Hall–Kier alpha value is -2.34. The number of alkyl halides is 3. The lowest BCUT2D eigenvalue weighted by molar-refractivity contribution is -0.176. The van der Waals surface area contributed by atoms with E-state index in [4.69, 9.17) is 0 Å². The first-order chi connectivity index (χ1) is 14.8. The molecule has 6 nitrogen and oxygen atoms in total. The Morgan fingerprint density at radius 2 is 1.81 bits per heavy atom. The summed E-state index contributed by atoms with van der Waals surface area (Å²) in [7, 11) is 0. The summed E-state index contributed by atoms with van der Waals surface area (Å²) in [6, 6.07) is 13.2. The number of aliphatic imine (C=N–C) groups is 1. The van der Waals surface area contributed by atoms with Gasteiger partial charge in [0.1, 0.15) is 12.3 Å². The van der Waals surface area contributed by atoms with Gasteiger partial charge in [-0.15, -0.1) is 24.0 Å². The fourth-order valence-electron chi connectivity index (χ4n) is 3.00. The van der Waals surface area contributed by atoms with E-state index in [1.54, 1.807) is 12.1 Å². The monoisotopic (exact) mass is 561 g/mol. The van der Waals surface area contributed by atoms with E-state index < -0.39 is 12.8 Å². The van der Waals surface area contributed by atoms with E-state index in [1.807, 2.05) is 54.8 Å². The van der Waals surface area contributed by atoms with Gasteiger partial charge in [-0.1, -0.05) is 30.3 Å². The fraction of sp³-hybridized carbons (Fsp3) is 0.364. The zero-order valence-corrected chi connectivity index (χ0v) is 20.3. The van der Waals surface area contributed by atoms with Crippen LogP contribution in [0, 0.1) is 6.92 Å².